The van der Waals surface area contributed by atoms with Gasteiger partial charge >= 0.3 is 18.4 Å². The first-order valence-corrected chi connectivity index (χ1v) is 21.1. The highest BCUT2D eigenvalue weighted by atomic mass is 32.2. The van der Waals surface area contributed by atoms with Crippen LogP contribution < -0.4 is 24.8 Å². The highest BCUT2D eigenvalue weighted by Gasteiger charge is 2.64. The number of rotatable bonds is 8. The number of methoxy groups -OCH3 is 1. The van der Waals surface area contributed by atoms with Crippen LogP contribution in [0.15, 0.2) is 30.4 Å². The number of nitrogens with zero attached hydrogens (tertiary/aromatic N) is 3. The van der Waals surface area contributed by atoms with Crippen LogP contribution >= 0.6 is 0 Å². The lowest BCUT2D eigenvalue weighted by Crippen LogP contribution is -2.59. The van der Waals surface area contributed by atoms with Crippen molar-refractivity contribution in [3.05, 3.63) is 36.0 Å². The Labute approximate surface area is 340 Å². The molecule has 3 N–H and O–H groups in total. The number of benzene rings is 1. The maximum absolute atomic E-state index is 14.5. The first-order chi connectivity index (χ1) is 28.1. The molecule has 328 valence electrons. The molecule has 2 aliphatic heterocycles. The monoisotopic (exact) mass is 874 g/mol. The Morgan fingerprint density at radius 1 is 0.983 bits per heavy atom. The number of allylic oxidation sites excluding steroid dienone is 1. The molecule has 5 atom stereocenters. The van der Waals surface area contributed by atoms with Gasteiger partial charge in [0.05, 0.1) is 29.4 Å². The molecule has 4 amide bonds. The lowest BCUT2D eigenvalue weighted by atomic mass is 9.79. The normalized spacial score (nSPS) is 28.4. The largest absolute Gasteiger partial charge is 0.497 e. The fourth-order valence-electron chi connectivity index (χ4n) is 7.81. The highest BCUT2D eigenvalue weighted by Crippen LogP contribution is 2.49. The second-order valence-electron chi connectivity index (χ2n) is 16.4. The third-order valence-electron chi connectivity index (χ3n) is 12.1. The van der Waals surface area contributed by atoms with Gasteiger partial charge in [-0.05, 0) is 76.8 Å². The molecule has 0 bridgehead atoms. The molecule has 15 nitrogen and oxygen atoms in total. The molecule has 3 heterocycles. The van der Waals surface area contributed by atoms with Gasteiger partial charge in [-0.2, -0.15) is 26.3 Å². The Hall–Kier alpha value is -4.89. The molecule has 60 heavy (non-hydrogen) atoms. The van der Waals surface area contributed by atoms with Gasteiger partial charge < -0.3 is 29.7 Å². The van der Waals surface area contributed by atoms with Crippen molar-refractivity contribution in [1.82, 2.24) is 30.2 Å². The van der Waals surface area contributed by atoms with Gasteiger partial charge in [-0.25, -0.2) is 23.2 Å². The minimum atomic E-state index is -5.09. The topological polar surface area (TPSA) is 195 Å². The lowest BCUT2D eigenvalue weighted by Gasteiger charge is -2.42. The predicted molar refractivity (Wildman–Crippen MR) is 198 cm³/mol. The summed E-state index contributed by atoms with van der Waals surface area (Å²) in [6, 6.07) is 0.861. The quantitative estimate of drug-likeness (QED) is 0.239. The van der Waals surface area contributed by atoms with E-state index in [2.05, 4.69) is 25.3 Å². The number of carbonyl (C=O) groups is 4. The molecule has 7 rings (SSSR count). The Kier molecular flexibility index (Phi) is 11.2. The molecule has 3 saturated carbocycles. The molecule has 4 fully saturated rings. The van der Waals surface area contributed by atoms with Crippen molar-refractivity contribution in [3.8, 4) is 11.6 Å². The standard InChI is InChI=1S/C38H44F6N6O9S/c1-34(15-16-34)60(55,56)49-32(53)36-19-21(36)9-6-4-3-5-7-10-25(47-33(54)59-35(13-8-14-35)38(42,43)44)31(52)50-20-23(18-27(50)29(51)48-36)58-30-28(37(39,40)41)45-26-17-22(57-2)11-12-24(26)46-30/h6,9,11-12,17,21,23,25,27H,3-5,7-8,10,13-16,18-20H2,1-2H3,(H,47,54)(H,48,51)(H,49,53)/b9-6-/t21-,23-,25+,27+,36-/m1/s1. The summed E-state index contributed by atoms with van der Waals surface area (Å²) in [5.74, 6) is -4.42. The summed E-state index contributed by atoms with van der Waals surface area (Å²) in [5, 5.41) is 4.87. The van der Waals surface area contributed by atoms with E-state index < -0.39 is 124 Å². The number of amides is 4. The van der Waals surface area contributed by atoms with Crippen molar-refractivity contribution in [1.29, 1.82) is 0 Å². The summed E-state index contributed by atoms with van der Waals surface area (Å²) in [4.78, 5) is 64.4. The molecule has 1 aromatic heterocycles. The molecule has 0 spiro atoms. The zero-order valence-electron chi connectivity index (χ0n) is 32.6. The third-order valence-corrected chi connectivity index (χ3v) is 14.3. The summed E-state index contributed by atoms with van der Waals surface area (Å²) in [7, 11) is -2.86. The number of fused-ring (bicyclic) bond motifs is 3. The summed E-state index contributed by atoms with van der Waals surface area (Å²) in [6.07, 6.45) is -8.48. The number of alkyl halides is 6. The van der Waals surface area contributed by atoms with Crippen molar-refractivity contribution in [3.63, 3.8) is 0 Å². The molecule has 1 saturated heterocycles. The molecule has 2 aromatic rings. The Bertz CT molecular complexity index is 2200. The predicted octanol–water partition coefficient (Wildman–Crippen LogP) is 4.98. The Morgan fingerprint density at radius 3 is 2.35 bits per heavy atom. The van der Waals surface area contributed by atoms with E-state index in [9.17, 15) is 53.9 Å². The zero-order valence-corrected chi connectivity index (χ0v) is 33.4. The van der Waals surface area contributed by atoms with Crippen LogP contribution in [0.3, 0.4) is 0 Å². The van der Waals surface area contributed by atoms with Crippen LogP contribution in [0.5, 0.6) is 11.6 Å². The van der Waals surface area contributed by atoms with Crippen LogP contribution in [0.2, 0.25) is 0 Å². The van der Waals surface area contributed by atoms with Crippen molar-refractivity contribution in [2.45, 2.75) is 130 Å². The molecular formula is C38H44F6N6O9S. The number of aromatic nitrogens is 2. The molecule has 5 aliphatic rings. The van der Waals surface area contributed by atoms with Gasteiger partial charge in [0.1, 0.15) is 29.5 Å². The van der Waals surface area contributed by atoms with Gasteiger partial charge in [0, 0.05) is 18.4 Å². The number of nitrogens with one attached hydrogen (secondary N) is 3. The highest BCUT2D eigenvalue weighted by molar-refractivity contribution is 7.91. The van der Waals surface area contributed by atoms with Gasteiger partial charge in [0.2, 0.25) is 39.0 Å². The van der Waals surface area contributed by atoms with Crippen LogP contribution in [0.1, 0.15) is 89.7 Å². The van der Waals surface area contributed by atoms with Crippen molar-refractivity contribution in [2.24, 2.45) is 5.92 Å². The first-order valence-electron chi connectivity index (χ1n) is 19.6. The Balaban J connectivity index is 1.21. The minimum Gasteiger partial charge on any atom is -0.497 e. The smallest absolute Gasteiger partial charge is 0.438 e. The van der Waals surface area contributed by atoms with E-state index in [1.807, 2.05) is 0 Å². The van der Waals surface area contributed by atoms with Crippen molar-refractivity contribution >= 4 is 44.9 Å². The number of alkyl carbamates (subject to hydrolysis) is 1. The van der Waals surface area contributed by atoms with E-state index in [0.29, 0.717) is 32.1 Å². The van der Waals surface area contributed by atoms with E-state index in [1.165, 1.54) is 32.2 Å². The van der Waals surface area contributed by atoms with Crippen molar-refractivity contribution < 1.29 is 68.1 Å². The van der Waals surface area contributed by atoms with Crippen LogP contribution in [0, 0.1) is 5.92 Å². The summed E-state index contributed by atoms with van der Waals surface area (Å²) in [6.45, 7) is 0.893. The molecule has 3 aliphatic carbocycles. The molecular weight excluding hydrogens is 831 g/mol. The second kappa shape index (κ2) is 15.5. The van der Waals surface area contributed by atoms with E-state index in [0.717, 1.165) is 4.90 Å². The van der Waals surface area contributed by atoms with Gasteiger partial charge in [-0.1, -0.05) is 25.0 Å². The van der Waals surface area contributed by atoms with Crippen molar-refractivity contribution in [2.75, 3.05) is 13.7 Å². The summed E-state index contributed by atoms with van der Waals surface area (Å²) < 4.78 is 128. The molecule has 22 heteroatoms. The number of sulfonamides is 1. The fraction of sp³-hybridized carbons (Fsp3) is 0.632. The van der Waals surface area contributed by atoms with Gasteiger partial charge in [-0.3, -0.25) is 19.1 Å². The van der Waals surface area contributed by atoms with Crippen LogP contribution in [-0.2, 0) is 35.3 Å². The fourth-order valence-corrected chi connectivity index (χ4v) is 9.12. The number of ether oxygens (including phenoxy) is 3. The zero-order chi connectivity index (χ0) is 43.5. The summed E-state index contributed by atoms with van der Waals surface area (Å²) >= 11 is 0. The van der Waals surface area contributed by atoms with Crippen LogP contribution in [0.25, 0.3) is 11.0 Å². The van der Waals surface area contributed by atoms with Crippen LogP contribution in [-0.4, -0.2) is 101 Å². The van der Waals surface area contributed by atoms with Gasteiger partial charge in [0.25, 0.3) is 5.91 Å². The van der Waals surface area contributed by atoms with E-state index in [-0.39, 0.29) is 42.5 Å². The van der Waals surface area contributed by atoms with Crippen LogP contribution in [0.4, 0.5) is 31.1 Å². The summed E-state index contributed by atoms with van der Waals surface area (Å²) in [5.41, 5.74) is -6.24. The number of hydrogen-bond donors (Lipinski definition) is 3. The van der Waals surface area contributed by atoms with Gasteiger partial charge in [-0.15, -0.1) is 0 Å². The number of carbonyl (C=O) groups excluding carboxylic acids is 4. The first kappa shape index (κ1) is 43.2. The SMILES string of the molecule is COc1ccc2nc(O[C@@H]3C[C@H]4C(=O)N[C@]5(C(=O)NS(=O)(=O)C6(C)CC6)C[C@H]5/C=C\CCCCC[C@H](NC(=O)OC5(C(F)(F)F)CCC5)C(=O)N4C3)c(C(F)(F)F)nc2c1. The molecule has 0 unspecified atom stereocenters. The lowest BCUT2D eigenvalue weighted by molar-refractivity contribution is -0.284. The average Bonchev–Trinajstić information content (AvgIpc) is 4.03. The second-order valence-corrected chi connectivity index (χ2v) is 18.6. The average molecular weight is 875 g/mol. The minimum absolute atomic E-state index is 0.0119. The number of hydrogen-bond acceptors (Lipinski definition) is 11. The molecule has 0 radical (unpaired) electrons. The van der Waals surface area contributed by atoms with E-state index in [1.54, 1.807) is 12.2 Å². The number of halogens is 6. The molecule has 1 aromatic carbocycles. The maximum atomic E-state index is 14.5. The maximum Gasteiger partial charge on any atom is 0.438 e. The van der Waals surface area contributed by atoms with Gasteiger partial charge in [0.15, 0.2) is 0 Å². The van der Waals surface area contributed by atoms with E-state index >= 15 is 0 Å². The Morgan fingerprint density at radius 2 is 1.72 bits per heavy atom. The van der Waals surface area contributed by atoms with E-state index in [4.69, 9.17) is 14.2 Å². The third kappa shape index (κ3) is 8.39.